The van der Waals surface area contributed by atoms with Crippen LogP contribution in [0.3, 0.4) is 0 Å². The number of hydrogen-bond donors (Lipinski definition) is 1. The van der Waals surface area contributed by atoms with Crippen molar-refractivity contribution >= 4 is 11.8 Å². The highest BCUT2D eigenvalue weighted by Gasteiger charge is 2.30. The molecule has 1 saturated heterocycles. The molecule has 26 heavy (non-hydrogen) atoms. The number of morpholine rings is 1. The SMILES string of the molecule is COc1ccc(C(=O)CC(C(=O)O)N2CCOCC2)cc1OCC(C)C. The summed E-state index contributed by atoms with van der Waals surface area (Å²) in [5.41, 5.74) is 0.420. The predicted octanol–water partition coefficient (Wildman–Crippen LogP) is 2.09. The Hall–Kier alpha value is -2.12. The number of Topliss-reactive ketones (excluding diaryl/α,β-unsaturated/α-hetero) is 1. The second-order valence-corrected chi connectivity index (χ2v) is 6.70. The second kappa shape index (κ2) is 9.54. The Bertz CT molecular complexity index is 624. The number of rotatable bonds is 9. The van der Waals surface area contributed by atoms with Crippen LogP contribution in [0.1, 0.15) is 30.6 Å². The van der Waals surface area contributed by atoms with Crippen LogP contribution in [0, 0.1) is 5.92 Å². The van der Waals surface area contributed by atoms with Crippen molar-refractivity contribution in [2.24, 2.45) is 5.92 Å². The van der Waals surface area contributed by atoms with Crippen molar-refractivity contribution < 1.29 is 28.9 Å². The Balaban J connectivity index is 2.13. The van der Waals surface area contributed by atoms with Gasteiger partial charge in [-0.2, -0.15) is 0 Å². The fourth-order valence-electron chi connectivity index (χ4n) is 2.77. The van der Waals surface area contributed by atoms with E-state index in [-0.39, 0.29) is 12.2 Å². The van der Waals surface area contributed by atoms with Gasteiger partial charge in [0.25, 0.3) is 0 Å². The summed E-state index contributed by atoms with van der Waals surface area (Å²) in [7, 11) is 1.54. The molecule has 0 amide bonds. The molecule has 1 aromatic rings. The molecule has 0 saturated carbocycles. The van der Waals surface area contributed by atoms with E-state index in [0.717, 1.165) is 0 Å². The highest BCUT2D eigenvalue weighted by Crippen LogP contribution is 2.29. The number of ketones is 1. The number of methoxy groups -OCH3 is 1. The molecule has 1 N–H and O–H groups in total. The Morgan fingerprint density at radius 2 is 1.92 bits per heavy atom. The molecular weight excluding hydrogens is 338 g/mol. The topological polar surface area (TPSA) is 85.3 Å². The third-order valence-corrected chi connectivity index (χ3v) is 4.21. The maximum Gasteiger partial charge on any atom is 0.321 e. The van der Waals surface area contributed by atoms with E-state index < -0.39 is 12.0 Å². The molecule has 7 nitrogen and oxygen atoms in total. The van der Waals surface area contributed by atoms with E-state index in [4.69, 9.17) is 14.2 Å². The van der Waals surface area contributed by atoms with Crippen molar-refractivity contribution in [3.8, 4) is 11.5 Å². The van der Waals surface area contributed by atoms with E-state index in [1.807, 2.05) is 13.8 Å². The summed E-state index contributed by atoms with van der Waals surface area (Å²) in [4.78, 5) is 26.1. The van der Waals surface area contributed by atoms with Gasteiger partial charge in [0, 0.05) is 25.1 Å². The summed E-state index contributed by atoms with van der Waals surface area (Å²) >= 11 is 0. The molecule has 0 aromatic heterocycles. The summed E-state index contributed by atoms with van der Waals surface area (Å²) in [6.45, 7) is 6.54. The fourth-order valence-corrected chi connectivity index (χ4v) is 2.77. The molecule has 1 aliphatic heterocycles. The number of aliphatic carboxylic acids is 1. The fraction of sp³-hybridized carbons (Fsp3) is 0.579. The number of carbonyl (C=O) groups is 2. The van der Waals surface area contributed by atoms with Gasteiger partial charge >= 0.3 is 5.97 Å². The van der Waals surface area contributed by atoms with Crippen LogP contribution >= 0.6 is 0 Å². The summed E-state index contributed by atoms with van der Waals surface area (Å²) < 4.78 is 16.3. The largest absolute Gasteiger partial charge is 0.493 e. The minimum atomic E-state index is -0.995. The number of ether oxygens (including phenoxy) is 3. The first-order chi connectivity index (χ1) is 12.4. The zero-order valence-corrected chi connectivity index (χ0v) is 15.6. The van der Waals surface area contributed by atoms with Gasteiger partial charge in [-0.05, 0) is 24.1 Å². The number of carbonyl (C=O) groups excluding carboxylic acids is 1. The van der Waals surface area contributed by atoms with Gasteiger partial charge in [-0.1, -0.05) is 13.8 Å². The highest BCUT2D eigenvalue weighted by molar-refractivity contribution is 5.99. The molecule has 2 rings (SSSR count). The molecule has 1 aliphatic rings. The Morgan fingerprint density at radius 1 is 1.23 bits per heavy atom. The van der Waals surface area contributed by atoms with E-state index in [0.29, 0.717) is 55.9 Å². The minimum absolute atomic E-state index is 0.0920. The van der Waals surface area contributed by atoms with Crippen LogP contribution in [0.15, 0.2) is 18.2 Å². The van der Waals surface area contributed by atoms with E-state index in [9.17, 15) is 14.7 Å². The summed E-state index contributed by atoms with van der Waals surface area (Å²) in [5.74, 6) is 0.137. The zero-order chi connectivity index (χ0) is 19.1. The predicted molar refractivity (Wildman–Crippen MR) is 96.1 cm³/mol. The third kappa shape index (κ3) is 5.44. The molecular formula is C19H27NO6. The minimum Gasteiger partial charge on any atom is -0.493 e. The van der Waals surface area contributed by atoms with Gasteiger partial charge in [0.05, 0.1) is 26.9 Å². The molecule has 144 valence electrons. The molecule has 0 aliphatic carbocycles. The molecule has 1 heterocycles. The molecule has 1 atom stereocenters. The van der Waals surface area contributed by atoms with Gasteiger partial charge in [0.2, 0.25) is 0 Å². The Morgan fingerprint density at radius 3 is 2.50 bits per heavy atom. The van der Waals surface area contributed by atoms with Gasteiger partial charge in [-0.25, -0.2) is 0 Å². The van der Waals surface area contributed by atoms with Crippen LogP contribution in [-0.4, -0.2) is 67.8 Å². The zero-order valence-electron chi connectivity index (χ0n) is 15.6. The number of hydrogen-bond acceptors (Lipinski definition) is 6. The Kier molecular flexibility index (Phi) is 7.41. The van der Waals surface area contributed by atoms with E-state index in [2.05, 4.69) is 0 Å². The quantitative estimate of drug-likeness (QED) is 0.671. The lowest BCUT2D eigenvalue weighted by atomic mass is 10.0. The van der Waals surface area contributed by atoms with Crippen LogP contribution in [0.5, 0.6) is 11.5 Å². The van der Waals surface area contributed by atoms with Crippen LogP contribution in [-0.2, 0) is 9.53 Å². The first-order valence-corrected chi connectivity index (χ1v) is 8.81. The Labute approximate surface area is 153 Å². The third-order valence-electron chi connectivity index (χ3n) is 4.21. The molecule has 0 spiro atoms. The van der Waals surface area contributed by atoms with Crippen molar-refractivity contribution in [1.29, 1.82) is 0 Å². The summed E-state index contributed by atoms with van der Waals surface area (Å²) in [6, 6.07) is 4.09. The number of carboxylic acid groups (broad SMARTS) is 1. The smallest absolute Gasteiger partial charge is 0.321 e. The molecule has 0 radical (unpaired) electrons. The maximum absolute atomic E-state index is 12.7. The number of nitrogens with zero attached hydrogens (tertiary/aromatic N) is 1. The van der Waals surface area contributed by atoms with Crippen LogP contribution in [0.2, 0.25) is 0 Å². The van der Waals surface area contributed by atoms with Crippen LogP contribution in [0.4, 0.5) is 0 Å². The summed E-state index contributed by atoms with van der Waals surface area (Å²) in [5, 5.41) is 9.52. The molecule has 7 heteroatoms. The van der Waals surface area contributed by atoms with Crippen LogP contribution < -0.4 is 9.47 Å². The molecule has 1 fully saturated rings. The molecule has 1 unspecified atom stereocenters. The van der Waals surface area contributed by atoms with Gasteiger partial charge in [-0.3, -0.25) is 14.5 Å². The lowest BCUT2D eigenvalue weighted by Gasteiger charge is -2.31. The van der Waals surface area contributed by atoms with Crippen LogP contribution in [0.25, 0.3) is 0 Å². The van der Waals surface area contributed by atoms with E-state index in [1.165, 1.54) is 7.11 Å². The van der Waals surface area contributed by atoms with Crippen molar-refractivity contribution in [2.45, 2.75) is 26.3 Å². The molecule has 1 aromatic carbocycles. The van der Waals surface area contributed by atoms with Gasteiger partial charge in [0.1, 0.15) is 6.04 Å². The average molecular weight is 365 g/mol. The molecule has 0 bridgehead atoms. The lowest BCUT2D eigenvalue weighted by Crippen LogP contribution is -2.48. The monoisotopic (exact) mass is 365 g/mol. The van der Waals surface area contributed by atoms with Gasteiger partial charge < -0.3 is 19.3 Å². The normalized spacial score (nSPS) is 16.3. The number of carboxylic acids is 1. The van der Waals surface area contributed by atoms with E-state index in [1.54, 1.807) is 23.1 Å². The van der Waals surface area contributed by atoms with Gasteiger partial charge in [-0.15, -0.1) is 0 Å². The second-order valence-electron chi connectivity index (χ2n) is 6.70. The first kappa shape index (κ1) is 20.2. The highest BCUT2D eigenvalue weighted by atomic mass is 16.5. The standard InChI is InChI=1S/C19H27NO6/c1-13(2)12-26-18-10-14(4-5-17(18)24-3)16(21)11-15(19(22)23)20-6-8-25-9-7-20/h4-5,10,13,15H,6-9,11-12H2,1-3H3,(H,22,23). The first-order valence-electron chi connectivity index (χ1n) is 8.81. The van der Waals surface area contributed by atoms with Crippen molar-refractivity contribution in [2.75, 3.05) is 40.0 Å². The number of benzene rings is 1. The average Bonchev–Trinajstić information content (AvgIpc) is 2.64. The van der Waals surface area contributed by atoms with Crippen molar-refractivity contribution in [3.63, 3.8) is 0 Å². The summed E-state index contributed by atoms with van der Waals surface area (Å²) in [6.07, 6.45) is -0.0920. The maximum atomic E-state index is 12.7. The van der Waals surface area contributed by atoms with Crippen molar-refractivity contribution in [1.82, 2.24) is 4.90 Å². The van der Waals surface area contributed by atoms with E-state index >= 15 is 0 Å². The lowest BCUT2D eigenvalue weighted by molar-refractivity contribution is -0.144. The van der Waals surface area contributed by atoms with Gasteiger partial charge in [0.15, 0.2) is 17.3 Å². The van der Waals surface area contributed by atoms with Crippen molar-refractivity contribution in [3.05, 3.63) is 23.8 Å².